The summed E-state index contributed by atoms with van der Waals surface area (Å²) in [5.74, 6) is -1.84. The Balaban J connectivity index is 3.49. The van der Waals surface area contributed by atoms with Gasteiger partial charge in [0.25, 0.3) is 0 Å². The van der Waals surface area contributed by atoms with Crippen molar-refractivity contribution in [2.45, 2.75) is 26.2 Å². The summed E-state index contributed by atoms with van der Waals surface area (Å²) in [4.78, 5) is 0. The lowest BCUT2D eigenvalue weighted by Gasteiger charge is -2.23. The fourth-order valence-corrected chi connectivity index (χ4v) is 1.57. The zero-order valence-electron chi connectivity index (χ0n) is 8.49. The lowest BCUT2D eigenvalue weighted by molar-refractivity contribution is 0.512. The van der Waals surface area contributed by atoms with Crippen LogP contribution in [-0.4, -0.2) is 7.85 Å². The normalized spacial score (nSPS) is 11.9. The lowest BCUT2D eigenvalue weighted by atomic mass is 9.77. The van der Waals surface area contributed by atoms with Gasteiger partial charge < -0.3 is 0 Å². The van der Waals surface area contributed by atoms with Crippen molar-refractivity contribution in [3.05, 3.63) is 23.3 Å². The summed E-state index contributed by atoms with van der Waals surface area (Å²) < 4.78 is 26.4. The highest BCUT2D eigenvalue weighted by molar-refractivity contribution is 7.27. The van der Waals surface area contributed by atoms with E-state index in [1.54, 1.807) is 6.07 Å². The van der Waals surface area contributed by atoms with E-state index in [-0.39, 0.29) is 16.2 Å². The summed E-state index contributed by atoms with van der Waals surface area (Å²) in [6.45, 7) is 5.71. The first kappa shape index (κ1) is 11.6. The molecule has 1 atom stereocenters. The topological polar surface area (TPSA) is 0 Å². The van der Waals surface area contributed by atoms with E-state index >= 15 is 0 Å². The molecule has 2 radical (unpaired) electrons. The Morgan fingerprint density at radius 3 is 2.14 bits per heavy atom. The van der Waals surface area contributed by atoms with Crippen molar-refractivity contribution >= 4 is 27.9 Å². The third-order valence-electron chi connectivity index (χ3n) is 2.08. The molecule has 0 bridgehead atoms. The molecule has 74 valence electrons. The van der Waals surface area contributed by atoms with Crippen LogP contribution in [0, 0.1) is 11.6 Å². The van der Waals surface area contributed by atoms with E-state index in [9.17, 15) is 8.78 Å². The molecule has 1 aromatic carbocycles. The van der Waals surface area contributed by atoms with Crippen molar-refractivity contribution in [3.63, 3.8) is 0 Å². The van der Waals surface area contributed by atoms with Gasteiger partial charge in [0.15, 0.2) is 11.6 Å². The van der Waals surface area contributed by atoms with Crippen LogP contribution in [0.3, 0.4) is 0 Å². The van der Waals surface area contributed by atoms with Crippen LogP contribution in [0.5, 0.6) is 0 Å². The van der Waals surface area contributed by atoms with Crippen molar-refractivity contribution in [2.24, 2.45) is 0 Å². The second-order valence-electron chi connectivity index (χ2n) is 4.30. The van der Waals surface area contributed by atoms with Crippen LogP contribution in [-0.2, 0) is 5.41 Å². The minimum Gasteiger partial charge on any atom is -0.204 e. The van der Waals surface area contributed by atoms with E-state index in [1.165, 1.54) is 0 Å². The molecule has 0 saturated heterocycles. The van der Waals surface area contributed by atoms with Crippen LogP contribution in [0.2, 0.25) is 0 Å². The minimum atomic E-state index is -0.956. The SMILES string of the molecule is [B]c1c(C(C)(C)C)cc(P)c(F)c1F. The standard InChI is InChI=1S/C10H12BF2P/c1-10(2,3)5-4-6(14)8(12)9(13)7(5)11/h4H,14H2,1-3H3. The average molecular weight is 212 g/mol. The summed E-state index contributed by atoms with van der Waals surface area (Å²) in [6, 6.07) is 1.57. The number of hydrogen-bond acceptors (Lipinski definition) is 0. The van der Waals surface area contributed by atoms with Gasteiger partial charge in [-0.15, -0.1) is 9.24 Å². The van der Waals surface area contributed by atoms with E-state index in [0.29, 0.717) is 5.56 Å². The second kappa shape index (κ2) is 3.62. The molecular formula is C10H12BF2P. The summed E-state index contributed by atoms with van der Waals surface area (Å²) in [5.41, 5.74) is 0.242. The van der Waals surface area contributed by atoms with Crippen molar-refractivity contribution in [1.29, 1.82) is 0 Å². The van der Waals surface area contributed by atoms with Gasteiger partial charge in [0, 0.05) is 5.30 Å². The predicted octanol–water partition coefficient (Wildman–Crippen LogP) is 1.56. The molecule has 0 aromatic heterocycles. The molecule has 0 heterocycles. The van der Waals surface area contributed by atoms with Crippen LogP contribution in [0.4, 0.5) is 8.78 Å². The summed E-state index contributed by atoms with van der Waals surface area (Å²) in [7, 11) is 7.68. The lowest BCUT2D eigenvalue weighted by Crippen LogP contribution is -2.29. The maximum absolute atomic E-state index is 13.3. The molecule has 0 N–H and O–H groups in total. The summed E-state index contributed by atoms with van der Waals surface area (Å²) >= 11 is 0. The number of halogens is 2. The smallest absolute Gasteiger partial charge is 0.165 e. The zero-order chi connectivity index (χ0) is 11.1. The van der Waals surface area contributed by atoms with Crippen molar-refractivity contribution in [3.8, 4) is 0 Å². The molecule has 0 fully saturated rings. The molecule has 0 aliphatic heterocycles. The molecule has 1 aromatic rings. The van der Waals surface area contributed by atoms with E-state index in [1.807, 2.05) is 20.8 Å². The third-order valence-corrected chi connectivity index (χ3v) is 2.50. The largest absolute Gasteiger partial charge is 0.204 e. The maximum Gasteiger partial charge on any atom is 0.165 e. The van der Waals surface area contributed by atoms with Gasteiger partial charge in [-0.2, -0.15) is 0 Å². The molecule has 1 unspecified atom stereocenters. The van der Waals surface area contributed by atoms with Crippen molar-refractivity contribution < 1.29 is 8.78 Å². The Hall–Kier alpha value is -0.425. The van der Waals surface area contributed by atoms with Crippen LogP contribution in [0.25, 0.3) is 0 Å². The van der Waals surface area contributed by atoms with Crippen LogP contribution in [0.15, 0.2) is 6.07 Å². The quantitative estimate of drug-likeness (QED) is 0.452. The Morgan fingerprint density at radius 1 is 1.21 bits per heavy atom. The maximum atomic E-state index is 13.3. The molecule has 14 heavy (non-hydrogen) atoms. The minimum absolute atomic E-state index is 0.0961. The van der Waals surface area contributed by atoms with Crippen LogP contribution < -0.4 is 10.8 Å². The molecule has 0 spiro atoms. The molecule has 1 rings (SSSR count). The van der Waals surface area contributed by atoms with Gasteiger partial charge in [-0.1, -0.05) is 26.2 Å². The van der Waals surface area contributed by atoms with E-state index < -0.39 is 11.6 Å². The van der Waals surface area contributed by atoms with Crippen LogP contribution in [0.1, 0.15) is 26.3 Å². The van der Waals surface area contributed by atoms with Crippen LogP contribution >= 0.6 is 9.24 Å². The molecule has 0 saturated carbocycles. The fourth-order valence-electron chi connectivity index (χ4n) is 1.28. The van der Waals surface area contributed by atoms with Gasteiger partial charge >= 0.3 is 0 Å². The van der Waals surface area contributed by atoms with Gasteiger partial charge in [0.1, 0.15) is 7.85 Å². The van der Waals surface area contributed by atoms with Gasteiger partial charge in [-0.05, 0) is 17.0 Å². The van der Waals surface area contributed by atoms with Crippen molar-refractivity contribution in [2.75, 3.05) is 0 Å². The Kier molecular flexibility index (Phi) is 3.01. The van der Waals surface area contributed by atoms with Crippen molar-refractivity contribution in [1.82, 2.24) is 0 Å². The highest BCUT2D eigenvalue weighted by Gasteiger charge is 2.21. The van der Waals surface area contributed by atoms with Gasteiger partial charge in [0.2, 0.25) is 0 Å². The highest BCUT2D eigenvalue weighted by Crippen LogP contribution is 2.21. The number of hydrogen-bond donors (Lipinski definition) is 0. The van der Waals surface area contributed by atoms with E-state index in [0.717, 1.165) is 0 Å². The van der Waals surface area contributed by atoms with Gasteiger partial charge in [-0.25, -0.2) is 8.78 Å². The first-order chi connectivity index (χ1) is 6.25. The molecule has 0 aliphatic rings. The Morgan fingerprint density at radius 2 is 1.71 bits per heavy atom. The predicted molar refractivity (Wildman–Crippen MR) is 59.8 cm³/mol. The number of rotatable bonds is 0. The third kappa shape index (κ3) is 1.98. The monoisotopic (exact) mass is 212 g/mol. The van der Waals surface area contributed by atoms with E-state index in [2.05, 4.69) is 9.24 Å². The molecule has 0 nitrogen and oxygen atoms in total. The number of benzene rings is 1. The molecular weight excluding hydrogens is 200 g/mol. The van der Waals surface area contributed by atoms with Gasteiger partial charge in [-0.3, -0.25) is 0 Å². The Bertz CT molecular complexity index is 369. The van der Waals surface area contributed by atoms with Gasteiger partial charge in [0.05, 0.1) is 0 Å². The molecule has 0 amide bonds. The molecule has 4 heteroatoms. The average Bonchev–Trinajstić information content (AvgIpc) is 2.06. The second-order valence-corrected chi connectivity index (χ2v) is 4.93. The highest BCUT2D eigenvalue weighted by atomic mass is 31.0. The zero-order valence-corrected chi connectivity index (χ0v) is 9.64. The first-order valence-corrected chi connectivity index (χ1v) is 4.86. The summed E-state index contributed by atoms with van der Waals surface area (Å²) in [6.07, 6.45) is 0. The Labute approximate surface area is 86.7 Å². The van der Waals surface area contributed by atoms with E-state index in [4.69, 9.17) is 7.85 Å². The fraction of sp³-hybridized carbons (Fsp3) is 0.400. The summed E-state index contributed by atoms with van der Waals surface area (Å²) in [5, 5.41) is 0.210. The first-order valence-electron chi connectivity index (χ1n) is 4.28. The molecule has 0 aliphatic carbocycles.